The SMILES string of the molecule is COc1ccc(CN(CCC2(C(C)C)CCOC(C)(C)C2)C(=O)c2cnc[nH]2)cc1. The minimum atomic E-state index is -0.128. The molecule has 1 aromatic heterocycles. The molecule has 30 heavy (non-hydrogen) atoms. The molecule has 1 amide bonds. The quantitative estimate of drug-likeness (QED) is 0.682. The van der Waals surface area contributed by atoms with Crippen LogP contribution < -0.4 is 4.74 Å². The Morgan fingerprint density at radius 3 is 2.60 bits per heavy atom. The Morgan fingerprint density at radius 2 is 2.03 bits per heavy atom. The molecule has 2 heterocycles. The van der Waals surface area contributed by atoms with Gasteiger partial charge in [-0.2, -0.15) is 0 Å². The fraction of sp³-hybridized carbons (Fsp3) is 0.583. The van der Waals surface area contributed by atoms with Crippen LogP contribution in [0, 0.1) is 11.3 Å². The fourth-order valence-corrected chi connectivity index (χ4v) is 4.62. The molecule has 0 aliphatic carbocycles. The van der Waals surface area contributed by atoms with E-state index in [2.05, 4.69) is 37.7 Å². The Hall–Kier alpha value is -2.34. The summed E-state index contributed by atoms with van der Waals surface area (Å²) in [4.78, 5) is 22.1. The normalized spacial score (nSPS) is 20.9. The predicted molar refractivity (Wildman–Crippen MR) is 117 cm³/mol. The third kappa shape index (κ3) is 5.22. The largest absolute Gasteiger partial charge is 0.497 e. The molecule has 1 N–H and O–H groups in total. The molecule has 164 valence electrons. The van der Waals surface area contributed by atoms with Crippen LogP contribution in [0.4, 0.5) is 0 Å². The summed E-state index contributed by atoms with van der Waals surface area (Å²) in [5, 5.41) is 0. The first-order valence-corrected chi connectivity index (χ1v) is 10.8. The summed E-state index contributed by atoms with van der Waals surface area (Å²) in [5.41, 5.74) is 1.63. The van der Waals surface area contributed by atoms with Crippen molar-refractivity contribution in [3.8, 4) is 5.75 Å². The van der Waals surface area contributed by atoms with Crippen molar-refractivity contribution >= 4 is 5.91 Å². The third-order valence-corrected chi connectivity index (χ3v) is 6.52. The molecule has 2 aromatic rings. The standard InChI is InChI=1S/C24H35N3O3/c1-18(2)24(11-13-30-23(3,4)16-24)10-12-27(22(28)21-14-25-17-26-21)15-19-6-8-20(29-5)9-7-19/h6-9,14,17-18H,10-13,15-16H2,1-5H3,(H,25,26). The first kappa shape index (κ1) is 22.3. The smallest absolute Gasteiger partial charge is 0.272 e. The van der Waals surface area contributed by atoms with Crippen LogP contribution in [0.5, 0.6) is 5.75 Å². The Morgan fingerprint density at radius 1 is 1.30 bits per heavy atom. The van der Waals surface area contributed by atoms with Crippen molar-refractivity contribution in [3.05, 3.63) is 48.0 Å². The number of aromatic nitrogens is 2. The molecule has 0 saturated carbocycles. The minimum absolute atomic E-state index is 0.0199. The number of ether oxygens (including phenoxy) is 2. The average molecular weight is 414 g/mol. The Balaban J connectivity index is 1.79. The summed E-state index contributed by atoms with van der Waals surface area (Å²) in [7, 11) is 1.66. The summed E-state index contributed by atoms with van der Waals surface area (Å²) in [6, 6.07) is 7.90. The zero-order chi connectivity index (χ0) is 21.8. The monoisotopic (exact) mass is 413 g/mol. The van der Waals surface area contributed by atoms with Crippen LogP contribution in [0.15, 0.2) is 36.8 Å². The van der Waals surface area contributed by atoms with Gasteiger partial charge in [0.2, 0.25) is 0 Å². The van der Waals surface area contributed by atoms with Crippen LogP contribution in [0.1, 0.15) is 63.0 Å². The summed E-state index contributed by atoms with van der Waals surface area (Å²) < 4.78 is 11.3. The van der Waals surface area contributed by atoms with Gasteiger partial charge in [-0.3, -0.25) is 4.79 Å². The van der Waals surface area contributed by atoms with Crippen LogP contribution in [0.3, 0.4) is 0 Å². The van der Waals surface area contributed by atoms with E-state index in [1.807, 2.05) is 29.2 Å². The van der Waals surface area contributed by atoms with E-state index in [0.717, 1.165) is 37.2 Å². The highest BCUT2D eigenvalue weighted by Crippen LogP contribution is 2.47. The zero-order valence-electron chi connectivity index (χ0n) is 18.9. The van der Waals surface area contributed by atoms with Gasteiger partial charge in [-0.1, -0.05) is 26.0 Å². The summed E-state index contributed by atoms with van der Waals surface area (Å²) >= 11 is 0. The molecular formula is C24H35N3O3. The van der Waals surface area contributed by atoms with Gasteiger partial charge in [-0.25, -0.2) is 4.98 Å². The number of aromatic amines is 1. The predicted octanol–water partition coefficient (Wildman–Crippen LogP) is 4.68. The average Bonchev–Trinajstić information content (AvgIpc) is 3.25. The van der Waals surface area contributed by atoms with Crippen molar-refractivity contribution in [2.45, 2.75) is 59.1 Å². The number of amides is 1. The molecule has 1 aliphatic rings. The number of H-pyrrole nitrogens is 1. The number of rotatable bonds is 8. The van der Waals surface area contributed by atoms with E-state index in [1.165, 1.54) is 0 Å². The maximum absolute atomic E-state index is 13.2. The van der Waals surface area contributed by atoms with Crippen LogP contribution in [0.25, 0.3) is 0 Å². The van der Waals surface area contributed by atoms with Gasteiger partial charge in [0, 0.05) is 19.7 Å². The van der Waals surface area contributed by atoms with Gasteiger partial charge in [-0.05, 0) is 62.1 Å². The maximum Gasteiger partial charge on any atom is 0.272 e. The second-order valence-corrected chi connectivity index (χ2v) is 9.34. The topological polar surface area (TPSA) is 67.5 Å². The maximum atomic E-state index is 13.2. The number of imidazole rings is 1. The zero-order valence-corrected chi connectivity index (χ0v) is 18.9. The molecule has 1 unspecified atom stereocenters. The Labute approximate surface area is 180 Å². The second kappa shape index (κ2) is 9.21. The molecule has 6 nitrogen and oxygen atoms in total. The highest BCUT2D eigenvalue weighted by Gasteiger charge is 2.43. The lowest BCUT2D eigenvalue weighted by Gasteiger charge is -2.48. The number of carbonyl (C=O) groups is 1. The number of benzene rings is 1. The summed E-state index contributed by atoms with van der Waals surface area (Å²) in [5.74, 6) is 1.31. The first-order chi connectivity index (χ1) is 14.2. The second-order valence-electron chi connectivity index (χ2n) is 9.34. The summed E-state index contributed by atoms with van der Waals surface area (Å²) in [6.45, 7) is 11.0. The number of hydrogen-bond donors (Lipinski definition) is 1. The van der Waals surface area contributed by atoms with E-state index in [0.29, 0.717) is 24.7 Å². The van der Waals surface area contributed by atoms with E-state index in [4.69, 9.17) is 9.47 Å². The molecule has 6 heteroatoms. The van der Waals surface area contributed by atoms with Crippen molar-refractivity contribution in [1.29, 1.82) is 0 Å². The van der Waals surface area contributed by atoms with E-state index < -0.39 is 0 Å². The van der Waals surface area contributed by atoms with E-state index >= 15 is 0 Å². The molecule has 1 aromatic carbocycles. The van der Waals surface area contributed by atoms with E-state index in [1.54, 1.807) is 19.6 Å². The molecule has 1 aliphatic heterocycles. The number of methoxy groups -OCH3 is 1. The van der Waals surface area contributed by atoms with Gasteiger partial charge in [-0.15, -0.1) is 0 Å². The molecule has 1 fully saturated rings. The lowest BCUT2D eigenvalue weighted by molar-refractivity contribution is -0.122. The lowest BCUT2D eigenvalue weighted by Crippen LogP contribution is -2.46. The molecule has 1 saturated heterocycles. The van der Waals surface area contributed by atoms with Crippen LogP contribution in [-0.2, 0) is 11.3 Å². The molecule has 0 bridgehead atoms. The highest BCUT2D eigenvalue weighted by molar-refractivity contribution is 5.92. The summed E-state index contributed by atoms with van der Waals surface area (Å²) in [6.07, 6.45) is 6.14. The Kier molecular flexibility index (Phi) is 6.86. The van der Waals surface area contributed by atoms with E-state index in [-0.39, 0.29) is 16.9 Å². The highest BCUT2D eigenvalue weighted by atomic mass is 16.5. The fourth-order valence-electron chi connectivity index (χ4n) is 4.62. The van der Waals surface area contributed by atoms with Gasteiger partial charge in [0.1, 0.15) is 11.4 Å². The van der Waals surface area contributed by atoms with Crippen molar-refractivity contribution in [2.75, 3.05) is 20.3 Å². The number of nitrogens with one attached hydrogen (secondary N) is 1. The van der Waals surface area contributed by atoms with Crippen molar-refractivity contribution in [2.24, 2.45) is 11.3 Å². The molecule has 0 spiro atoms. The number of carbonyl (C=O) groups excluding carboxylic acids is 1. The molecular weight excluding hydrogens is 378 g/mol. The molecule has 0 radical (unpaired) electrons. The molecule has 1 atom stereocenters. The number of nitrogens with zero attached hydrogens (tertiary/aromatic N) is 2. The van der Waals surface area contributed by atoms with Crippen molar-refractivity contribution in [3.63, 3.8) is 0 Å². The lowest BCUT2D eigenvalue weighted by atomic mass is 9.65. The third-order valence-electron chi connectivity index (χ3n) is 6.52. The van der Waals surface area contributed by atoms with Crippen LogP contribution in [-0.4, -0.2) is 46.6 Å². The van der Waals surface area contributed by atoms with Crippen molar-refractivity contribution < 1.29 is 14.3 Å². The Bertz CT molecular complexity index is 815. The first-order valence-electron chi connectivity index (χ1n) is 10.8. The van der Waals surface area contributed by atoms with Gasteiger partial charge in [0.05, 0.1) is 25.2 Å². The van der Waals surface area contributed by atoms with Crippen molar-refractivity contribution in [1.82, 2.24) is 14.9 Å². The van der Waals surface area contributed by atoms with Gasteiger partial charge in [0.25, 0.3) is 5.91 Å². The van der Waals surface area contributed by atoms with Crippen LogP contribution >= 0.6 is 0 Å². The molecule has 3 rings (SSSR count). The van der Waals surface area contributed by atoms with Crippen LogP contribution in [0.2, 0.25) is 0 Å². The van der Waals surface area contributed by atoms with E-state index in [9.17, 15) is 4.79 Å². The van der Waals surface area contributed by atoms with Gasteiger partial charge in [0.15, 0.2) is 0 Å². The van der Waals surface area contributed by atoms with Gasteiger partial charge >= 0.3 is 0 Å². The van der Waals surface area contributed by atoms with Gasteiger partial charge < -0.3 is 19.4 Å². The number of hydrogen-bond acceptors (Lipinski definition) is 4. The minimum Gasteiger partial charge on any atom is -0.497 e.